The zero-order chi connectivity index (χ0) is 19.3. The van der Waals surface area contributed by atoms with Crippen LogP contribution in [0.1, 0.15) is 17.3 Å². The van der Waals surface area contributed by atoms with E-state index in [0.29, 0.717) is 22.2 Å². The van der Waals surface area contributed by atoms with E-state index in [1.54, 1.807) is 17.7 Å². The minimum absolute atomic E-state index is 0.222. The predicted molar refractivity (Wildman–Crippen MR) is 106 cm³/mol. The number of fused-ring (bicyclic) bond motifs is 3. The number of nitrogens with two attached hydrogens (primary N) is 1. The fraction of sp³-hybridized carbons (Fsp3) is 0.100. The molecule has 2 aromatic carbocycles. The van der Waals surface area contributed by atoms with Crippen molar-refractivity contribution in [3.05, 3.63) is 54.2 Å². The molecule has 0 unspecified atom stereocenters. The van der Waals surface area contributed by atoms with Crippen LogP contribution in [0.4, 0.5) is 5.82 Å². The molecule has 0 radical (unpaired) electrons. The number of ether oxygens (including phenoxy) is 1. The summed E-state index contributed by atoms with van der Waals surface area (Å²) in [4.78, 5) is 22.0. The number of nitrogens with one attached hydrogen (secondary N) is 1. The van der Waals surface area contributed by atoms with Gasteiger partial charge in [-0.25, -0.2) is 14.8 Å². The van der Waals surface area contributed by atoms with Crippen LogP contribution < -0.4 is 5.73 Å². The van der Waals surface area contributed by atoms with Gasteiger partial charge < -0.3 is 10.5 Å². The quantitative estimate of drug-likeness (QED) is 0.470. The zero-order valence-corrected chi connectivity index (χ0v) is 15.0. The minimum atomic E-state index is -0.518. The molecule has 0 aliphatic rings. The summed E-state index contributed by atoms with van der Waals surface area (Å²) in [5.74, 6) is -0.279. The summed E-state index contributed by atoms with van der Waals surface area (Å²) < 4.78 is 6.94. The van der Waals surface area contributed by atoms with E-state index in [-0.39, 0.29) is 18.0 Å². The Labute approximate surface area is 158 Å². The van der Waals surface area contributed by atoms with Gasteiger partial charge in [-0.3, -0.25) is 9.67 Å². The summed E-state index contributed by atoms with van der Waals surface area (Å²) in [5, 5.41) is 7.97. The third kappa shape index (κ3) is 2.31. The number of rotatable bonds is 3. The van der Waals surface area contributed by atoms with Crippen molar-refractivity contribution in [2.75, 3.05) is 12.3 Å². The van der Waals surface area contributed by atoms with Crippen molar-refractivity contribution >= 4 is 44.9 Å². The number of aromatic amines is 1. The van der Waals surface area contributed by atoms with Gasteiger partial charge in [0.05, 0.1) is 35.0 Å². The second kappa shape index (κ2) is 6.05. The average molecular weight is 372 g/mol. The molecule has 3 aromatic heterocycles. The van der Waals surface area contributed by atoms with Crippen molar-refractivity contribution in [1.82, 2.24) is 24.7 Å². The summed E-state index contributed by atoms with van der Waals surface area (Å²) >= 11 is 0. The monoisotopic (exact) mass is 372 g/mol. The molecule has 0 spiro atoms. The molecule has 5 rings (SSSR count). The highest BCUT2D eigenvalue weighted by atomic mass is 16.5. The maximum atomic E-state index is 12.6. The van der Waals surface area contributed by atoms with E-state index in [1.165, 1.54) is 0 Å². The van der Waals surface area contributed by atoms with Gasteiger partial charge in [0.15, 0.2) is 5.65 Å². The Morgan fingerprint density at radius 2 is 1.96 bits per heavy atom. The van der Waals surface area contributed by atoms with Crippen LogP contribution in [0.5, 0.6) is 0 Å². The van der Waals surface area contributed by atoms with E-state index in [4.69, 9.17) is 15.5 Å². The van der Waals surface area contributed by atoms with E-state index in [1.807, 2.05) is 42.5 Å². The molecule has 0 aliphatic carbocycles. The number of hydrogen-bond acceptors (Lipinski definition) is 6. The van der Waals surface area contributed by atoms with Crippen LogP contribution in [0, 0.1) is 0 Å². The fourth-order valence-electron chi connectivity index (χ4n) is 3.39. The summed E-state index contributed by atoms with van der Waals surface area (Å²) in [7, 11) is 0. The molecule has 0 fully saturated rings. The first kappa shape index (κ1) is 16.2. The Morgan fingerprint density at radius 3 is 2.75 bits per heavy atom. The maximum absolute atomic E-state index is 12.6. The van der Waals surface area contributed by atoms with Gasteiger partial charge in [0, 0.05) is 5.39 Å². The highest BCUT2D eigenvalue weighted by molar-refractivity contribution is 6.09. The summed E-state index contributed by atoms with van der Waals surface area (Å²) in [6, 6.07) is 13.2. The largest absolute Gasteiger partial charge is 0.462 e. The molecule has 0 saturated carbocycles. The van der Waals surface area contributed by atoms with Crippen LogP contribution in [0.3, 0.4) is 0 Å². The highest BCUT2D eigenvalue weighted by Crippen LogP contribution is 2.32. The topological polar surface area (TPSA) is 112 Å². The van der Waals surface area contributed by atoms with Crippen LogP contribution in [-0.2, 0) is 4.74 Å². The van der Waals surface area contributed by atoms with E-state index >= 15 is 0 Å². The lowest BCUT2D eigenvalue weighted by molar-refractivity contribution is 0.0529. The molecular weight excluding hydrogens is 356 g/mol. The Hall–Kier alpha value is -3.94. The lowest BCUT2D eigenvalue weighted by Gasteiger charge is -2.08. The molecule has 3 N–H and O–H groups in total. The molecule has 8 heteroatoms. The molecule has 3 heterocycles. The van der Waals surface area contributed by atoms with Crippen molar-refractivity contribution in [3.8, 4) is 5.69 Å². The lowest BCUT2D eigenvalue weighted by atomic mass is 10.2. The summed E-state index contributed by atoms with van der Waals surface area (Å²) in [5.41, 5.74) is 10.6. The Kier molecular flexibility index (Phi) is 3.51. The third-order valence-electron chi connectivity index (χ3n) is 4.66. The van der Waals surface area contributed by atoms with Crippen molar-refractivity contribution in [2.24, 2.45) is 0 Å². The number of para-hydroxylation sites is 2. The van der Waals surface area contributed by atoms with Gasteiger partial charge in [-0.05, 0) is 37.3 Å². The van der Waals surface area contributed by atoms with E-state index in [9.17, 15) is 4.79 Å². The molecule has 0 aliphatic heterocycles. The number of benzene rings is 2. The first-order chi connectivity index (χ1) is 13.7. The second-order valence-electron chi connectivity index (χ2n) is 6.34. The first-order valence-corrected chi connectivity index (χ1v) is 8.84. The molecule has 0 bridgehead atoms. The summed E-state index contributed by atoms with van der Waals surface area (Å²) in [6.07, 6.45) is 1.74. The standard InChI is InChI=1S/C20H16N6O2/c1-2-28-20(27)16-17-19(24-14-6-4-3-5-13(14)23-17)26(18(16)21)12-8-7-11-10-22-25-15(11)9-12/h3-10H,2,21H2,1H3,(H,22,25). The van der Waals surface area contributed by atoms with Gasteiger partial charge in [0.1, 0.15) is 16.9 Å². The molecule has 138 valence electrons. The molecule has 0 amide bonds. The number of carbonyl (C=O) groups is 1. The van der Waals surface area contributed by atoms with E-state index < -0.39 is 5.97 Å². The van der Waals surface area contributed by atoms with Gasteiger partial charge in [0.25, 0.3) is 0 Å². The average Bonchev–Trinajstić information content (AvgIpc) is 3.27. The number of esters is 1. The molecule has 8 nitrogen and oxygen atoms in total. The van der Waals surface area contributed by atoms with E-state index in [0.717, 1.165) is 16.6 Å². The smallest absolute Gasteiger partial charge is 0.344 e. The van der Waals surface area contributed by atoms with Gasteiger partial charge in [0.2, 0.25) is 0 Å². The van der Waals surface area contributed by atoms with Gasteiger partial charge in [-0.15, -0.1) is 0 Å². The number of anilines is 1. The molecule has 0 saturated heterocycles. The number of H-pyrrole nitrogens is 1. The highest BCUT2D eigenvalue weighted by Gasteiger charge is 2.25. The third-order valence-corrected chi connectivity index (χ3v) is 4.66. The first-order valence-electron chi connectivity index (χ1n) is 8.84. The van der Waals surface area contributed by atoms with Crippen LogP contribution in [-0.4, -0.2) is 37.3 Å². The fourth-order valence-corrected chi connectivity index (χ4v) is 3.39. The predicted octanol–water partition coefficient (Wildman–Crippen LogP) is 3.21. The maximum Gasteiger partial charge on any atom is 0.344 e. The number of nitrogen functional groups attached to an aromatic ring is 1. The molecule has 28 heavy (non-hydrogen) atoms. The summed E-state index contributed by atoms with van der Waals surface area (Å²) in [6.45, 7) is 1.99. The molecule has 0 atom stereocenters. The van der Waals surface area contributed by atoms with Crippen molar-refractivity contribution in [3.63, 3.8) is 0 Å². The van der Waals surface area contributed by atoms with E-state index in [2.05, 4.69) is 15.2 Å². The lowest BCUT2D eigenvalue weighted by Crippen LogP contribution is -2.09. The van der Waals surface area contributed by atoms with Crippen LogP contribution >= 0.6 is 0 Å². The second-order valence-corrected chi connectivity index (χ2v) is 6.34. The Bertz CT molecular complexity index is 1370. The van der Waals surface area contributed by atoms with Gasteiger partial charge >= 0.3 is 5.97 Å². The van der Waals surface area contributed by atoms with Crippen LogP contribution in [0.2, 0.25) is 0 Å². The number of hydrogen-bond donors (Lipinski definition) is 2. The Morgan fingerprint density at radius 1 is 1.18 bits per heavy atom. The van der Waals surface area contributed by atoms with Crippen molar-refractivity contribution < 1.29 is 9.53 Å². The normalized spacial score (nSPS) is 11.5. The molecular formula is C20H16N6O2. The number of nitrogens with zero attached hydrogens (tertiary/aromatic N) is 4. The van der Waals surface area contributed by atoms with Crippen LogP contribution in [0.25, 0.3) is 38.8 Å². The minimum Gasteiger partial charge on any atom is -0.462 e. The SMILES string of the molecule is CCOC(=O)c1c(N)n(-c2ccc3cn[nH]c3c2)c2nc3ccccc3nc12. The molecule has 5 aromatic rings. The zero-order valence-electron chi connectivity index (χ0n) is 15.0. The number of carbonyl (C=O) groups excluding carboxylic acids is 1. The van der Waals surface area contributed by atoms with Crippen molar-refractivity contribution in [2.45, 2.75) is 6.92 Å². The number of aromatic nitrogens is 5. The van der Waals surface area contributed by atoms with Gasteiger partial charge in [-0.2, -0.15) is 5.10 Å². The van der Waals surface area contributed by atoms with Gasteiger partial charge in [-0.1, -0.05) is 12.1 Å². The van der Waals surface area contributed by atoms with Crippen LogP contribution in [0.15, 0.2) is 48.7 Å². The van der Waals surface area contributed by atoms with Crippen molar-refractivity contribution in [1.29, 1.82) is 0 Å². The Balaban J connectivity index is 1.87.